The third-order valence-corrected chi connectivity index (χ3v) is 4.83. The molecular weight excluding hydrogens is 342 g/mol. The number of fused-ring (bicyclic) bond motifs is 1. The van der Waals surface area contributed by atoms with Crippen molar-refractivity contribution < 1.29 is 9.53 Å². The van der Waals surface area contributed by atoms with E-state index in [1.165, 1.54) is 0 Å². The first-order valence-electron chi connectivity index (χ1n) is 9.17. The van der Waals surface area contributed by atoms with E-state index in [-0.39, 0.29) is 11.8 Å². The van der Waals surface area contributed by atoms with E-state index < -0.39 is 0 Å². The van der Waals surface area contributed by atoms with Crippen LogP contribution in [-0.2, 0) is 11.3 Å². The molecule has 0 aliphatic heterocycles. The molecule has 1 saturated carbocycles. The Morgan fingerprint density at radius 1 is 1.30 bits per heavy atom. The van der Waals surface area contributed by atoms with Crippen molar-refractivity contribution in [1.29, 1.82) is 0 Å². The lowest BCUT2D eigenvalue weighted by Crippen LogP contribution is -2.14. The number of hydrogen-bond donors (Lipinski definition) is 2. The third kappa shape index (κ3) is 3.32. The number of ether oxygens (including phenoxy) is 1. The summed E-state index contributed by atoms with van der Waals surface area (Å²) in [6, 6.07) is 5.85. The van der Waals surface area contributed by atoms with Crippen LogP contribution in [0.5, 0.6) is 5.75 Å². The lowest BCUT2D eigenvalue weighted by atomic mass is 10.2. The van der Waals surface area contributed by atoms with Crippen LogP contribution < -0.4 is 15.4 Å². The number of aryl methyl sites for hydroxylation is 2. The van der Waals surface area contributed by atoms with Crippen molar-refractivity contribution >= 4 is 34.0 Å². The lowest BCUT2D eigenvalue weighted by Gasteiger charge is -2.15. The standard InChI is InChI=1S/C20H23N5O2/c1-4-25-18-14(11-22-25)7-8-15(19(18)27-3)23-16-9-17(21-10-12(16)2)24-20(26)13-5-6-13/h7-11,13H,4-6H2,1-3H3,(H2,21,23,24,26). The number of amides is 1. The number of hydrogen-bond acceptors (Lipinski definition) is 5. The van der Waals surface area contributed by atoms with Gasteiger partial charge in [0.2, 0.25) is 5.91 Å². The minimum absolute atomic E-state index is 0.0446. The summed E-state index contributed by atoms with van der Waals surface area (Å²) in [6.07, 6.45) is 5.52. The molecule has 2 heterocycles. The Morgan fingerprint density at radius 3 is 2.81 bits per heavy atom. The highest BCUT2D eigenvalue weighted by molar-refractivity contribution is 5.94. The molecule has 7 nitrogen and oxygen atoms in total. The maximum absolute atomic E-state index is 12.0. The van der Waals surface area contributed by atoms with Crippen molar-refractivity contribution in [3.05, 3.63) is 36.2 Å². The van der Waals surface area contributed by atoms with E-state index in [0.717, 1.165) is 53.0 Å². The summed E-state index contributed by atoms with van der Waals surface area (Å²) in [4.78, 5) is 16.3. The van der Waals surface area contributed by atoms with Gasteiger partial charge in [0.25, 0.3) is 0 Å². The van der Waals surface area contributed by atoms with E-state index in [2.05, 4.69) is 20.7 Å². The van der Waals surface area contributed by atoms with Gasteiger partial charge in [-0.15, -0.1) is 0 Å². The second-order valence-corrected chi connectivity index (χ2v) is 6.82. The zero-order valence-corrected chi connectivity index (χ0v) is 15.7. The number of benzene rings is 1. The van der Waals surface area contributed by atoms with Crippen LogP contribution in [0.15, 0.2) is 30.6 Å². The molecule has 2 aromatic heterocycles. The Labute approximate surface area is 157 Å². The van der Waals surface area contributed by atoms with Crippen molar-refractivity contribution in [3.63, 3.8) is 0 Å². The van der Waals surface area contributed by atoms with Gasteiger partial charge in [0.15, 0.2) is 5.75 Å². The molecule has 0 spiro atoms. The number of methoxy groups -OCH3 is 1. The summed E-state index contributed by atoms with van der Waals surface area (Å²) in [5, 5.41) is 11.8. The monoisotopic (exact) mass is 365 g/mol. The molecule has 1 aliphatic carbocycles. The topological polar surface area (TPSA) is 81.1 Å². The van der Waals surface area contributed by atoms with Crippen molar-refractivity contribution in [2.75, 3.05) is 17.7 Å². The summed E-state index contributed by atoms with van der Waals surface area (Å²) >= 11 is 0. The normalized spacial score (nSPS) is 13.6. The average Bonchev–Trinajstić information content (AvgIpc) is 3.44. The molecule has 140 valence electrons. The Morgan fingerprint density at radius 2 is 2.11 bits per heavy atom. The SMILES string of the molecule is CCn1ncc2ccc(Nc3cc(NC(=O)C4CC4)ncc3C)c(OC)c21. The second kappa shape index (κ2) is 6.90. The minimum atomic E-state index is 0.0446. The van der Waals surface area contributed by atoms with Gasteiger partial charge in [0, 0.05) is 35.8 Å². The Hall–Kier alpha value is -3.09. The summed E-state index contributed by atoms with van der Waals surface area (Å²) in [7, 11) is 1.66. The predicted octanol–water partition coefficient (Wildman–Crippen LogP) is 3.86. The van der Waals surface area contributed by atoms with Gasteiger partial charge in [-0.2, -0.15) is 5.10 Å². The van der Waals surface area contributed by atoms with Crippen LogP contribution in [-0.4, -0.2) is 27.8 Å². The van der Waals surface area contributed by atoms with Crippen molar-refractivity contribution in [2.45, 2.75) is 33.2 Å². The molecule has 2 N–H and O–H groups in total. The van der Waals surface area contributed by atoms with Gasteiger partial charge in [-0.05, 0) is 44.4 Å². The maximum Gasteiger partial charge on any atom is 0.228 e. The molecule has 0 atom stereocenters. The van der Waals surface area contributed by atoms with Crippen molar-refractivity contribution in [2.24, 2.45) is 5.92 Å². The molecule has 1 fully saturated rings. The molecule has 1 amide bonds. The Bertz CT molecular complexity index is 1010. The fourth-order valence-corrected chi connectivity index (χ4v) is 3.14. The van der Waals surface area contributed by atoms with Gasteiger partial charge in [0.1, 0.15) is 11.3 Å². The highest BCUT2D eigenvalue weighted by atomic mass is 16.5. The molecule has 3 aromatic rings. The number of carbonyl (C=O) groups excluding carboxylic acids is 1. The van der Waals surface area contributed by atoms with Crippen LogP contribution in [0, 0.1) is 12.8 Å². The lowest BCUT2D eigenvalue weighted by molar-refractivity contribution is -0.117. The minimum Gasteiger partial charge on any atom is -0.492 e. The van der Waals surface area contributed by atoms with E-state index >= 15 is 0 Å². The van der Waals surface area contributed by atoms with Gasteiger partial charge in [-0.1, -0.05) is 0 Å². The molecule has 4 rings (SSSR count). The molecule has 1 aliphatic rings. The molecule has 0 radical (unpaired) electrons. The molecule has 0 unspecified atom stereocenters. The van der Waals surface area contributed by atoms with E-state index in [1.54, 1.807) is 13.3 Å². The first kappa shape index (κ1) is 17.3. The van der Waals surface area contributed by atoms with Crippen molar-refractivity contribution in [3.8, 4) is 5.75 Å². The fraction of sp³-hybridized carbons (Fsp3) is 0.350. The number of carbonyl (C=O) groups is 1. The highest BCUT2D eigenvalue weighted by Crippen LogP contribution is 2.36. The summed E-state index contributed by atoms with van der Waals surface area (Å²) in [6.45, 7) is 4.78. The van der Waals surface area contributed by atoms with E-state index in [4.69, 9.17) is 4.74 Å². The van der Waals surface area contributed by atoms with Crippen LogP contribution in [0.1, 0.15) is 25.3 Å². The van der Waals surface area contributed by atoms with E-state index in [9.17, 15) is 4.79 Å². The molecule has 0 bridgehead atoms. The summed E-state index contributed by atoms with van der Waals surface area (Å²) in [5.41, 5.74) is 3.65. The van der Waals surface area contributed by atoms with Crippen LogP contribution in [0.25, 0.3) is 10.9 Å². The highest BCUT2D eigenvalue weighted by Gasteiger charge is 2.29. The van der Waals surface area contributed by atoms with Crippen molar-refractivity contribution in [1.82, 2.24) is 14.8 Å². The van der Waals surface area contributed by atoms with Gasteiger partial charge in [-0.25, -0.2) is 4.98 Å². The summed E-state index contributed by atoms with van der Waals surface area (Å²) < 4.78 is 7.61. The number of rotatable bonds is 6. The third-order valence-electron chi connectivity index (χ3n) is 4.83. The number of anilines is 3. The molecule has 7 heteroatoms. The number of pyridine rings is 1. The molecule has 0 saturated heterocycles. The number of nitrogens with one attached hydrogen (secondary N) is 2. The quantitative estimate of drug-likeness (QED) is 0.693. The Balaban J connectivity index is 1.68. The predicted molar refractivity (Wildman–Crippen MR) is 106 cm³/mol. The fourth-order valence-electron chi connectivity index (χ4n) is 3.14. The smallest absolute Gasteiger partial charge is 0.228 e. The largest absolute Gasteiger partial charge is 0.492 e. The first-order chi connectivity index (χ1) is 13.1. The Kier molecular flexibility index (Phi) is 4.43. The number of aromatic nitrogens is 3. The van der Waals surface area contributed by atoms with Gasteiger partial charge >= 0.3 is 0 Å². The summed E-state index contributed by atoms with van der Waals surface area (Å²) in [5.74, 6) is 1.48. The second-order valence-electron chi connectivity index (χ2n) is 6.82. The molecule has 27 heavy (non-hydrogen) atoms. The van der Waals surface area contributed by atoms with Gasteiger partial charge < -0.3 is 15.4 Å². The maximum atomic E-state index is 12.0. The van der Waals surface area contributed by atoms with Crippen LogP contribution >= 0.6 is 0 Å². The zero-order valence-electron chi connectivity index (χ0n) is 15.7. The molecule has 1 aromatic carbocycles. The van der Waals surface area contributed by atoms with Crippen LogP contribution in [0.3, 0.4) is 0 Å². The zero-order chi connectivity index (χ0) is 19.0. The van der Waals surface area contributed by atoms with E-state index in [1.807, 2.05) is 42.9 Å². The molecular formula is C20H23N5O2. The van der Waals surface area contributed by atoms with E-state index in [0.29, 0.717) is 5.82 Å². The average molecular weight is 365 g/mol. The number of nitrogens with zero attached hydrogens (tertiary/aromatic N) is 3. The first-order valence-corrected chi connectivity index (χ1v) is 9.17. The van der Waals surface area contributed by atoms with Gasteiger partial charge in [0.05, 0.1) is 19.0 Å². The van der Waals surface area contributed by atoms with Gasteiger partial charge in [-0.3, -0.25) is 9.48 Å². The van der Waals surface area contributed by atoms with Crippen LogP contribution in [0.2, 0.25) is 0 Å². The van der Waals surface area contributed by atoms with Crippen LogP contribution in [0.4, 0.5) is 17.2 Å².